The smallest absolute Gasteiger partial charge is 0.472 e. The van der Waals surface area contributed by atoms with E-state index in [0.29, 0.717) is 17.4 Å². The third-order valence-electron chi connectivity index (χ3n) is 7.11. The molecule has 12 heteroatoms. The first-order valence-corrected chi connectivity index (χ1v) is 18.0. The number of carboxylic acids is 1. The number of rotatable bonds is 31. The number of carboxylic acid groups (broad SMARTS) is 1. The van der Waals surface area contributed by atoms with Gasteiger partial charge in [-0.25, -0.2) is 9.36 Å². The molecule has 0 aliphatic carbocycles. The molecule has 3 atom stereocenters. The number of nitrogens with zero attached hydrogens (tertiary/aromatic N) is 1. The highest BCUT2D eigenvalue weighted by Crippen LogP contribution is 2.44. The van der Waals surface area contributed by atoms with Gasteiger partial charge in [0.2, 0.25) is 0 Å². The van der Waals surface area contributed by atoms with Crippen LogP contribution < -0.4 is 0 Å². The summed E-state index contributed by atoms with van der Waals surface area (Å²) in [6.45, 7) is 1.79. The zero-order valence-electron chi connectivity index (χ0n) is 27.5. The van der Waals surface area contributed by atoms with E-state index < -0.39 is 45.2 Å². The largest absolute Gasteiger partial charge is 0.481 e. The molecule has 0 aliphatic rings. The first-order chi connectivity index (χ1) is 20.4. The standard InChI is InChI=1S/C31H62NO10P/c1-5-6-7-8-9-10-11-12-13-14-15-16-17-18-19-20-24-39-31(36)29(21-22-30(34)35)40-27-28(26-33)42-43(37,38)41-25-23-32(2,3)4/h28-29,33H,5-27H2,1-4H3,(H-,34,35,37,38)/p+1/t28-,29?/m0/s1. The van der Waals surface area contributed by atoms with Crippen LogP contribution in [0.25, 0.3) is 0 Å². The SMILES string of the molecule is CCCCCCCCCCCCCCCCCCOC(=O)C(CCC(=O)O)OC[C@H](CO)OP(=O)(O)OCC[N+](C)(C)C. The van der Waals surface area contributed by atoms with Crippen LogP contribution in [0.3, 0.4) is 0 Å². The average Bonchev–Trinajstić information content (AvgIpc) is 2.92. The van der Waals surface area contributed by atoms with Crippen LogP contribution in [0.4, 0.5) is 0 Å². The zero-order valence-corrected chi connectivity index (χ0v) is 28.4. The average molecular weight is 641 g/mol. The number of aliphatic hydroxyl groups excluding tert-OH is 1. The molecular weight excluding hydrogens is 577 g/mol. The Hall–Kier alpha value is -1.07. The molecule has 0 aromatic carbocycles. The summed E-state index contributed by atoms with van der Waals surface area (Å²) in [5, 5.41) is 18.6. The van der Waals surface area contributed by atoms with Crippen molar-refractivity contribution in [1.82, 2.24) is 0 Å². The molecule has 0 spiro atoms. The Balaban J connectivity index is 4.17. The number of esters is 1. The Morgan fingerprint density at radius 2 is 1.28 bits per heavy atom. The summed E-state index contributed by atoms with van der Waals surface area (Å²) in [7, 11) is 1.22. The quantitative estimate of drug-likeness (QED) is 0.0344. The van der Waals surface area contributed by atoms with E-state index in [0.717, 1.165) is 19.3 Å². The van der Waals surface area contributed by atoms with E-state index in [2.05, 4.69) is 6.92 Å². The maximum Gasteiger partial charge on any atom is 0.472 e. The summed E-state index contributed by atoms with van der Waals surface area (Å²) in [5.74, 6) is -1.80. The number of hydrogen-bond donors (Lipinski definition) is 3. The molecule has 0 aromatic rings. The summed E-state index contributed by atoms with van der Waals surface area (Å²) in [4.78, 5) is 33.6. The molecule has 0 rings (SSSR count). The Morgan fingerprint density at radius 1 is 0.791 bits per heavy atom. The highest BCUT2D eigenvalue weighted by molar-refractivity contribution is 7.47. The number of carbonyl (C=O) groups excluding carboxylic acids is 1. The normalized spacial score (nSPS) is 14.7. The minimum absolute atomic E-state index is 0.0385. The zero-order chi connectivity index (χ0) is 32.4. The van der Waals surface area contributed by atoms with E-state index in [-0.39, 0.29) is 26.1 Å². The monoisotopic (exact) mass is 640 g/mol. The fourth-order valence-corrected chi connectivity index (χ4v) is 5.31. The molecule has 3 N–H and O–H groups in total. The molecule has 0 bridgehead atoms. The van der Waals surface area contributed by atoms with Crippen LogP contribution in [-0.4, -0.2) is 97.9 Å². The molecule has 0 fully saturated rings. The van der Waals surface area contributed by atoms with Gasteiger partial charge in [0.05, 0.1) is 41.0 Å². The predicted octanol–water partition coefficient (Wildman–Crippen LogP) is 6.24. The summed E-state index contributed by atoms with van der Waals surface area (Å²) < 4.78 is 33.5. The van der Waals surface area contributed by atoms with Gasteiger partial charge in [-0.1, -0.05) is 103 Å². The Bertz CT molecular complexity index is 747. The van der Waals surface area contributed by atoms with Crippen molar-refractivity contribution in [2.24, 2.45) is 0 Å². The van der Waals surface area contributed by atoms with Crippen molar-refractivity contribution in [3.8, 4) is 0 Å². The number of unbranched alkanes of at least 4 members (excludes halogenated alkanes) is 15. The van der Waals surface area contributed by atoms with Crippen LogP contribution in [-0.2, 0) is 32.7 Å². The number of aliphatic carboxylic acids is 1. The van der Waals surface area contributed by atoms with Crippen molar-refractivity contribution in [2.45, 2.75) is 135 Å². The maximum absolute atomic E-state index is 12.6. The number of carbonyl (C=O) groups is 2. The number of phosphoric ester groups is 1. The van der Waals surface area contributed by atoms with Crippen LogP contribution in [0, 0.1) is 0 Å². The van der Waals surface area contributed by atoms with Gasteiger partial charge in [0.15, 0.2) is 6.10 Å². The van der Waals surface area contributed by atoms with Gasteiger partial charge in [0.1, 0.15) is 19.3 Å². The van der Waals surface area contributed by atoms with Gasteiger partial charge in [-0.2, -0.15) is 0 Å². The molecule has 0 aromatic heterocycles. The Kier molecular flexibility index (Phi) is 25.5. The molecule has 2 unspecified atom stereocenters. The van der Waals surface area contributed by atoms with Crippen molar-refractivity contribution >= 4 is 19.8 Å². The van der Waals surface area contributed by atoms with Crippen LogP contribution in [0.1, 0.15) is 122 Å². The van der Waals surface area contributed by atoms with Gasteiger partial charge in [-0.15, -0.1) is 0 Å². The Labute approximate surface area is 260 Å². The molecule has 256 valence electrons. The topological polar surface area (TPSA) is 149 Å². The van der Waals surface area contributed by atoms with Crippen molar-refractivity contribution < 1.29 is 52.3 Å². The molecule has 0 heterocycles. The van der Waals surface area contributed by atoms with Crippen molar-refractivity contribution in [3.05, 3.63) is 0 Å². The second-order valence-corrected chi connectivity index (χ2v) is 13.9. The first kappa shape index (κ1) is 41.9. The third-order valence-corrected chi connectivity index (χ3v) is 8.18. The summed E-state index contributed by atoms with van der Waals surface area (Å²) >= 11 is 0. The van der Waals surface area contributed by atoms with E-state index in [9.17, 15) is 24.2 Å². The van der Waals surface area contributed by atoms with Crippen LogP contribution in [0.2, 0.25) is 0 Å². The van der Waals surface area contributed by atoms with Gasteiger partial charge in [0, 0.05) is 6.42 Å². The van der Waals surface area contributed by atoms with Gasteiger partial charge in [-0.3, -0.25) is 13.8 Å². The fraction of sp³-hybridized carbons (Fsp3) is 0.935. The lowest BCUT2D eigenvalue weighted by Gasteiger charge is -2.25. The lowest BCUT2D eigenvalue weighted by molar-refractivity contribution is -0.870. The van der Waals surface area contributed by atoms with E-state index in [1.54, 1.807) is 0 Å². The Morgan fingerprint density at radius 3 is 1.72 bits per heavy atom. The first-order valence-electron chi connectivity index (χ1n) is 16.5. The summed E-state index contributed by atoms with van der Waals surface area (Å²) in [5.41, 5.74) is 0. The van der Waals surface area contributed by atoms with Gasteiger partial charge >= 0.3 is 19.8 Å². The highest BCUT2D eigenvalue weighted by atomic mass is 31.2. The highest BCUT2D eigenvalue weighted by Gasteiger charge is 2.30. The lowest BCUT2D eigenvalue weighted by atomic mass is 10.0. The number of ether oxygens (including phenoxy) is 2. The summed E-state index contributed by atoms with van der Waals surface area (Å²) in [6, 6.07) is 0. The van der Waals surface area contributed by atoms with Crippen LogP contribution >= 0.6 is 7.82 Å². The van der Waals surface area contributed by atoms with E-state index >= 15 is 0 Å². The minimum atomic E-state index is -4.47. The van der Waals surface area contributed by atoms with Crippen molar-refractivity contribution in [3.63, 3.8) is 0 Å². The van der Waals surface area contributed by atoms with E-state index in [1.807, 2.05) is 21.1 Å². The summed E-state index contributed by atoms with van der Waals surface area (Å²) in [6.07, 6.45) is 17.0. The third kappa shape index (κ3) is 28.2. The number of hydrogen-bond acceptors (Lipinski definition) is 8. The van der Waals surface area contributed by atoms with Gasteiger partial charge < -0.3 is 29.1 Å². The molecule has 0 saturated carbocycles. The molecule has 0 amide bonds. The molecule has 43 heavy (non-hydrogen) atoms. The van der Waals surface area contributed by atoms with Crippen molar-refractivity contribution in [2.75, 3.05) is 54.1 Å². The lowest BCUT2D eigenvalue weighted by Crippen LogP contribution is -2.37. The second kappa shape index (κ2) is 26.2. The van der Waals surface area contributed by atoms with E-state index in [4.69, 9.17) is 23.6 Å². The molecule has 0 aliphatic heterocycles. The van der Waals surface area contributed by atoms with Gasteiger partial charge in [-0.05, 0) is 12.8 Å². The van der Waals surface area contributed by atoms with Crippen LogP contribution in [0.5, 0.6) is 0 Å². The maximum atomic E-state index is 12.6. The van der Waals surface area contributed by atoms with Gasteiger partial charge in [0.25, 0.3) is 0 Å². The fourth-order valence-electron chi connectivity index (χ4n) is 4.43. The minimum Gasteiger partial charge on any atom is -0.481 e. The van der Waals surface area contributed by atoms with Crippen molar-refractivity contribution in [1.29, 1.82) is 0 Å². The molecule has 0 radical (unpaired) electrons. The number of aliphatic hydroxyl groups is 1. The molecule has 0 saturated heterocycles. The van der Waals surface area contributed by atoms with Crippen LogP contribution in [0.15, 0.2) is 0 Å². The second-order valence-electron chi connectivity index (χ2n) is 12.5. The molecular formula is C31H63NO10P+. The number of likely N-dealkylation sites (N-methyl/N-ethyl adjacent to an activating group) is 1. The molecule has 11 nitrogen and oxygen atoms in total. The number of phosphoric acid groups is 1. The van der Waals surface area contributed by atoms with E-state index in [1.165, 1.54) is 77.0 Å². The number of quaternary nitrogens is 1. The predicted molar refractivity (Wildman–Crippen MR) is 168 cm³/mol.